The molecule has 2 N–H and O–H groups in total. The Morgan fingerprint density at radius 2 is 2.15 bits per heavy atom. The van der Waals surface area contributed by atoms with E-state index in [0.717, 1.165) is 38.5 Å². The fraction of sp³-hybridized carbons (Fsp3) is 0.389. The highest BCUT2D eigenvalue weighted by molar-refractivity contribution is 8.01. The molecule has 2 amide bonds. The van der Waals surface area contributed by atoms with E-state index >= 15 is 0 Å². The van der Waals surface area contributed by atoms with Crippen LogP contribution in [0.1, 0.15) is 23.9 Å². The zero-order valence-electron chi connectivity index (χ0n) is 14.7. The number of anilines is 1. The van der Waals surface area contributed by atoms with Crippen LogP contribution in [0.5, 0.6) is 0 Å². The van der Waals surface area contributed by atoms with E-state index in [1.807, 2.05) is 41.8 Å². The molecule has 3 rings (SSSR count). The first-order valence-electron chi connectivity index (χ1n) is 8.37. The number of carbonyl (C=O) groups is 2. The van der Waals surface area contributed by atoms with Crippen LogP contribution in [0.15, 0.2) is 33.5 Å². The number of para-hydroxylation sites is 1. The minimum absolute atomic E-state index is 0.0847. The second kappa shape index (κ2) is 8.45. The molecule has 1 aliphatic rings. The largest absolute Gasteiger partial charge is 0.369 e. The van der Waals surface area contributed by atoms with Crippen molar-refractivity contribution in [3.8, 4) is 0 Å². The predicted octanol–water partition coefficient (Wildman–Crippen LogP) is 3.49. The van der Waals surface area contributed by atoms with Crippen molar-refractivity contribution >= 4 is 52.4 Å². The van der Waals surface area contributed by atoms with E-state index in [1.54, 1.807) is 0 Å². The molecule has 1 aliphatic heterocycles. The van der Waals surface area contributed by atoms with Gasteiger partial charge in [0.2, 0.25) is 11.8 Å². The number of thioether (sulfide) groups is 2. The Bertz CT molecular complexity index is 822. The lowest BCUT2D eigenvalue weighted by Gasteiger charge is -2.22. The normalized spacial score (nSPS) is 16.8. The van der Waals surface area contributed by atoms with Crippen molar-refractivity contribution in [2.45, 2.75) is 41.2 Å². The molecule has 26 heavy (non-hydrogen) atoms. The third kappa shape index (κ3) is 4.61. The predicted molar refractivity (Wildman–Crippen MR) is 109 cm³/mol. The molecule has 0 bridgehead atoms. The number of fused-ring (bicyclic) bond motifs is 1. The summed E-state index contributed by atoms with van der Waals surface area (Å²) in [7, 11) is 0. The molecule has 5 nitrogen and oxygen atoms in total. The number of carbonyl (C=O) groups excluding carboxylic acids is 2. The van der Waals surface area contributed by atoms with Crippen molar-refractivity contribution in [2.24, 2.45) is 5.73 Å². The van der Waals surface area contributed by atoms with E-state index in [4.69, 9.17) is 5.73 Å². The minimum Gasteiger partial charge on any atom is -0.369 e. The summed E-state index contributed by atoms with van der Waals surface area (Å²) in [5, 5.41) is 0.486. The average molecular weight is 408 g/mol. The standard InChI is InChI=1S/C18H21N3O2S3/c1-11-7-8-21(13-5-3-4-6-14(13)25-11)17(23)10-24-18-20-12(2)15(26-18)9-16(19)22/h3-6,11H,7-10H2,1-2H3,(H2,19,22)/t11-/m1/s1. The Kier molecular flexibility index (Phi) is 6.26. The molecule has 2 aromatic rings. The molecule has 0 saturated heterocycles. The molecule has 0 aliphatic carbocycles. The summed E-state index contributed by atoms with van der Waals surface area (Å²) < 4.78 is 0.804. The Labute approximate surface area is 165 Å². The third-order valence-electron chi connectivity index (χ3n) is 4.07. The quantitative estimate of drug-likeness (QED) is 0.768. The van der Waals surface area contributed by atoms with Crippen LogP contribution in [0.25, 0.3) is 0 Å². The average Bonchev–Trinajstić information content (AvgIpc) is 2.83. The Balaban J connectivity index is 1.69. The summed E-state index contributed by atoms with van der Waals surface area (Å²) in [6.45, 7) is 4.79. The summed E-state index contributed by atoms with van der Waals surface area (Å²) in [4.78, 5) is 32.3. The lowest BCUT2D eigenvalue weighted by molar-refractivity contribution is -0.117. The summed E-state index contributed by atoms with van der Waals surface area (Å²) in [5.41, 5.74) is 7.08. The molecule has 0 saturated carbocycles. The van der Waals surface area contributed by atoms with Gasteiger partial charge in [-0.1, -0.05) is 30.8 Å². The molecule has 2 heterocycles. The van der Waals surface area contributed by atoms with Crippen LogP contribution < -0.4 is 10.6 Å². The van der Waals surface area contributed by atoms with Crippen LogP contribution in [0.3, 0.4) is 0 Å². The number of hydrogen-bond donors (Lipinski definition) is 1. The van der Waals surface area contributed by atoms with Gasteiger partial charge in [0.25, 0.3) is 0 Å². The molecule has 0 spiro atoms. The highest BCUT2D eigenvalue weighted by Gasteiger charge is 2.24. The smallest absolute Gasteiger partial charge is 0.237 e. The van der Waals surface area contributed by atoms with Crippen molar-refractivity contribution < 1.29 is 9.59 Å². The van der Waals surface area contributed by atoms with E-state index in [1.165, 1.54) is 23.1 Å². The molecule has 1 aromatic carbocycles. The number of nitrogens with zero attached hydrogens (tertiary/aromatic N) is 2. The molecule has 1 aromatic heterocycles. The van der Waals surface area contributed by atoms with E-state index < -0.39 is 0 Å². The number of aryl methyl sites for hydroxylation is 1. The fourth-order valence-corrected chi connectivity index (χ4v) is 5.97. The van der Waals surface area contributed by atoms with Gasteiger partial charge in [-0.25, -0.2) is 4.98 Å². The Hall–Kier alpha value is -1.51. The van der Waals surface area contributed by atoms with Gasteiger partial charge < -0.3 is 10.6 Å². The molecular formula is C18H21N3O2S3. The first-order chi connectivity index (χ1) is 12.4. The number of aromatic nitrogens is 1. The van der Waals surface area contributed by atoms with Crippen LogP contribution in [0.2, 0.25) is 0 Å². The van der Waals surface area contributed by atoms with Crippen LogP contribution in [-0.2, 0) is 16.0 Å². The zero-order chi connectivity index (χ0) is 18.7. The number of nitrogens with two attached hydrogens (primary N) is 1. The molecule has 0 unspecified atom stereocenters. The van der Waals surface area contributed by atoms with Crippen LogP contribution in [-0.4, -0.2) is 34.3 Å². The maximum absolute atomic E-state index is 12.9. The van der Waals surface area contributed by atoms with E-state index in [2.05, 4.69) is 18.0 Å². The van der Waals surface area contributed by atoms with Crippen LogP contribution in [0.4, 0.5) is 5.69 Å². The topological polar surface area (TPSA) is 76.3 Å². The van der Waals surface area contributed by atoms with Gasteiger partial charge in [-0.05, 0) is 25.5 Å². The van der Waals surface area contributed by atoms with Gasteiger partial charge in [-0.15, -0.1) is 23.1 Å². The SMILES string of the molecule is Cc1nc(SCC(=O)N2CC[C@@H](C)Sc3ccccc32)sc1CC(N)=O. The summed E-state index contributed by atoms with van der Waals surface area (Å²) in [5.74, 6) is 0.0507. The highest BCUT2D eigenvalue weighted by Crippen LogP contribution is 2.38. The van der Waals surface area contributed by atoms with E-state index in [0.29, 0.717) is 11.0 Å². The molecule has 8 heteroatoms. The van der Waals surface area contributed by atoms with Gasteiger partial charge in [0, 0.05) is 21.6 Å². The van der Waals surface area contributed by atoms with E-state index in [9.17, 15) is 9.59 Å². The summed E-state index contributed by atoms with van der Waals surface area (Å²) >= 11 is 4.69. The molecule has 1 atom stereocenters. The van der Waals surface area contributed by atoms with Gasteiger partial charge in [-0.3, -0.25) is 9.59 Å². The number of rotatable bonds is 5. The summed E-state index contributed by atoms with van der Waals surface area (Å²) in [6.07, 6.45) is 1.17. The van der Waals surface area contributed by atoms with Crippen LogP contribution >= 0.6 is 34.9 Å². The number of amides is 2. The molecule has 0 fully saturated rings. The van der Waals surface area contributed by atoms with Gasteiger partial charge in [-0.2, -0.15) is 0 Å². The van der Waals surface area contributed by atoms with Crippen molar-refractivity contribution in [1.82, 2.24) is 4.98 Å². The lowest BCUT2D eigenvalue weighted by atomic mass is 10.2. The first-order valence-corrected chi connectivity index (χ1v) is 11.1. The van der Waals surface area contributed by atoms with Crippen molar-refractivity contribution in [3.63, 3.8) is 0 Å². The van der Waals surface area contributed by atoms with Crippen molar-refractivity contribution in [3.05, 3.63) is 34.8 Å². The highest BCUT2D eigenvalue weighted by atomic mass is 32.2. The number of thiazole rings is 1. The number of primary amides is 1. The lowest BCUT2D eigenvalue weighted by Crippen LogP contribution is -2.33. The van der Waals surface area contributed by atoms with E-state index in [-0.39, 0.29) is 18.2 Å². The van der Waals surface area contributed by atoms with Gasteiger partial charge in [0.15, 0.2) is 4.34 Å². The summed E-state index contributed by atoms with van der Waals surface area (Å²) in [6, 6.07) is 8.08. The zero-order valence-corrected chi connectivity index (χ0v) is 17.2. The maximum Gasteiger partial charge on any atom is 0.237 e. The molecular weight excluding hydrogens is 386 g/mol. The number of benzene rings is 1. The molecule has 138 valence electrons. The second-order valence-electron chi connectivity index (χ2n) is 6.15. The van der Waals surface area contributed by atoms with Gasteiger partial charge in [0.05, 0.1) is 23.6 Å². The Morgan fingerprint density at radius 1 is 1.38 bits per heavy atom. The first kappa shape index (κ1) is 19.3. The second-order valence-corrected chi connectivity index (χ2v) is 9.94. The van der Waals surface area contributed by atoms with Gasteiger partial charge >= 0.3 is 0 Å². The van der Waals surface area contributed by atoms with Crippen LogP contribution in [0, 0.1) is 6.92 Å². The minimum atomic E-state index is -0.364. The maximum atomic E-state index is 12.9. The van der Waals surface area contributed by atoms with Crippen molar-refractivity contribution in [2.75, 3.05) is 17.2 Å². The fourth-order valence-electron chi connectivity index (χ4n) is 2.73. The number of hydrogen-bond acceptors (Lipinski definition) is 6. The third-order valence-corrected chi connectivity index (χ3v) is 7.59. The molecule has 0 radical (unpaired) electrons. The van der Waals surface area contributed by atoms with Gasteiger partial charge in [0.1, 0.15) is 0 Å². The Morgan fingerprint density at radius 3 is 2.92 bits per heavy atom. The van der Waals surface area contributed by atoms with Crippen molar-refractivity contribution in [1.29, 1.82) is 0 Å². The monoisotopic (exact) mass is 407 g/mol.